The minimum atomic E-state index is 0. The molecule has 0 heterocycles. The first-order valence-corrected chi connectivity index (χ1v) is 6.60. The van der Waals surface area contributed by atoms with Gasteiger partial charge in [0, 0.05) is 0 Å². The number of rotatable bonds is 2. The molecule has 108 valence electrons. The van der Waals surface area contributed by atoms with Gasteiger partial charge in [-0.1, -0.05) is 46.0 Å². The molecular weight excluding hydrogens is 267 g/mol. The van der Waals surface area contributed by atoms with Gasteiger partial charge in [0.2, 0.25) is 0 Å². The van der Waals surface area contributed by atoms with E-state index in [1.807, 2.05) is 0 Å². The molecule has 4 heteroatoms. The topological polar surface area (TPSA) is 24.7 Å². The molecule has 2 aliphatic rings. The third kappa shape index (κ3) is 7.41. The highest BCUT2D eigenvalue weighted by atomic mass is 35.5. The Labute approximate surface area is 125 Å². The summed E-state index contributed by atoms with van der Waals surface area (Å²) < 4.78 is 0. The molecule has 0 N–H and O–H groups in total. The van der Waals surface area contributed by atoms with Crippen molar-refractivity contribution in [3.63, 3.8) is 0 Å². The summed E-state index contributed by atoms with van der Waals surface area (Å²) in [5.74, 6) is 0. The van der Waals surface area contributed by atoms with Gasteiger partial charge < -0.3 is 0 Å². The van der Waals surface area contributed by atoms with Gasteiger partial charge in [-0.05, 0) is 25.7 Å². The van der Waals surface area contributed by atoms with Crippen LogP contribution in [0.15, 0.2) is 9.98 Å². The zero-order valence-corrected chi connectivity index (χ0v) is 12.1. The van der Waals surface area contributed by atoms with Gasteiger partial charge in [-0.25, -0.2) is 9.98 Å². The van der Waals surface area contributed by atoms with Crippen molar-refractivity contribution in [1.29, 1.82) is 0 Å². The first-order chi connectivity index (χ1) is 7.45. The third-order valence-corrected chi connectivity index (χ3v) is 3.63. The summed E-state index contributed by atoms with van der Waals surface area (Å²) in [6.07, 6.45) is 13.2. The summed E-state index contributed by atoms with van der Waals surface area (Å²) >= 11 is 0. The van der Waals surface area contributed by atoms with Gasteiger partial charge in [0.15, 0.2) is 0 Å². The average molecular weight is 295 g/mol. The van der Waals surface area contributed by atoms with Crippen molar-refractivity contribution < 1.29 is 0 Å². The van der Waals surface area contributed by atoms with Crippen LogP contribution in [0.5, 0.6) is 0 Å². The number of aliphatic imine (C=N–C) groups is 2. The monoisotopic (exact) mass is 294 g/mol. The molecular formula is C14H28Cl2N2. The molecule has 0 aromatic carbocycles. The van der Waals surface area contributed by atoms with Crippen LogP contribution in [-0.4, -0.2) is 18.1 Å². The van der Waals surface area contributed by atoms with Gasteiger partial charge in [0.1, 0.15) is 0 Å². The fraction of sp³-hybridized carbons (Fsp3) is 0.929. The molecule has 2 rings (SSSR count). The average Bonchev–Trinajstić information content (AvgIpc) is 2.32. The number of nitrogens with zero attached hydrogens (tertiary/aromatic N) is 2. The van der Waals surface area contributed by atoms with Gasteiger partial charge in [-0.3, -0.25) is 0 Å². The maximum absolute atomic E-state index is 4.46. The van der Waals surface area contributed by atoms with E-state index in [2.05, 4.69) is 16.0 Å². The van der Waals surface area contributed by atoms with E-state index < -0.39 is 0 Å². The van der Waals surface area contributed by atoms with Crippen LogP contribution >= 0.6 is 24.8 Å². The largest absolute Gasteiger partial charge is 0.222 e. The molecule has 2 saturated carbocycles. The Kier molecular flexibility index (Phi) is 13.5. The van der Waals surface area contributed by atoms with Gasteiger partial charge in [-0.2, -0.15) is 0 Å². The molecule has 0 spiro atoms. The molecule has 0 aromatic rings. The van der Waals surface area contributed by atoms with Gasteiger partial charge in [0.05, 0.1) is 18.1 Å². The molecule has 0 unspecified atom stereocenters. The Morgan fingerprint density at radius 1 is 0.611 bits per heavy atom. The molecule has 0 atom stereocenters. The highest BCUT2D eigenvalue weighted by Crippen LogP contribution is 2.21. The van der Waals surface area contributed by atoms with Crippen LogP contribution in [0, 0.1) is 0 Å². The zero-order chi connectivity index (χ0) is 10.3. The molecule has 0 amide bonds. The van der Waals surface area contributed by atoms with Crippen LogP contribution in [0.2, 0.25) is 0 Å². The Morgan fingerprint density at radius 2 is 0.944 bits per heavy atom. The SMILES string of the molecule is C.C(=NC1CCCCC1)=NC1CCCCC1.Cl.Cl. The molecule has 2 nitrogen and oxygen atoms in total. The minimum absolute atomic E-state index is 0. The lowest BCUT2D eigenvalue weighted by Crippen LogP contribution is -2.10. The number of hydrogen-bond acceptors (Lipinski definition) is 2. The van der Waals surface area contributed by atoms with E-state index in [0.29, 0.717) is 12.1 Å². The van der Waals surface area contributed by atoms with Crippen LogP contribution in [0.3, 0.4) is 0 Å². The quantitative estimate of drug-likeness (QED) is 0.617. The molecule has 0 bridgehead atoms. The van der Waals surface area contributed by atoms with Crippen molar-refractivity contribution in [2.24, 2.45) is 9.98 Å². The third-order valence-electron chi connectivity index (χ3n) is 3.63. The van der Waals surface area contributed by atoms with Crippen molar-refractivity contribution in [2.75, 3.05) is 0 Å². The summed E-state index contributed by atoms with van der Waals surface area (Å²) in [6.45, 7) is 0. The van der Waals surface area contributed by atoms with E-state index >= 15 is 0 Å². The smallest absolute Gasteiger partial charge is 0.0898 e. The van der Waals surface area contributed by atoms with Crippen LogP contribution in [0.4, 0.5) is 0 Å². The highest BCUT2D eigenvalue weighted by molar-refractivity contribution is 5.85. The normalized spacial score (nSPS) is 20.4. The van der Waals surface area contributed by atoms with E-state index in [4.69, 9.17) is 0 Å². The number of hydrogen-bond donors (Lipinski definition) is 0. The maximum atomic E-state index is 4.46. The summed E-state index contributed by atoms with van der Waals surface area (Å²) in [4.78, 5) is 8.92. The summed E-state index contributed by atoms with van der Waals surface area (Å²) in [6, 6.07) is 4.04. The molecule has 0 saturated heterocycles. The molecule has 0 aliphatic heterocycles. The van der Waals surface area contributed by atoms with Gasteiger partial charge in [-0.15, -0.1) is 24.8 Å². The standard InChI is InChI=1S/C13H22N2.CH4.2ClH/c1-3-7-12(8-4-1)14-11-15-13-9-5-2-6-10-13;;;/h12-13H,1-10H2;1H4;2*1H. The van der Waals surface area contributed by atoms with E-state index in [9.17, 15) is 0 Å². The van der Waals surface area contributed by atoms with Crippen LogP contribution in [0.25, 0.3) is 0 Å². The first-order valence-electron chi connectivity index (χ1n) is 6.60. The Balaban J connectivity index is 0. The minimum Gasteiger partial charge on any atom is -0.222 e. The number of halogens is 2. The van der Waals surface area contributed by atoms with E-state index in [0.717, 1.165) is 0 Å². The lowest BCUT2D eigenvalue weighted by molar-refractivity contribution is 0.438. The van der Waals surface area contributed by atoms with Crippen LogP contribution < -0.4 is 0 Å². The van der Waals surface area contributed by atoms with E-state index in [1.54, 1.807) is 0 Å². The summed E-state index contributed by atoms with van der Waals surface area (Å²) in [7, 11) is 0. The lowest BCUT2D eigenvalue weighted by atomic mass is 9.96. The second-order valence-corrected chi connectivity index (χ2v) is 4.94. The second-order valence-electron chi connectivity index (χ2n) is 4.94. The van der Waals surface area contributed by atoms with Gasteiger partial charge >= 0.3 is 0 Å². The lowest BCUT2D eigenvalue weighted by Gasteiger charge is -2.17. The Hall–Kier alpha value is -0.0400. The van der Waals surface area contributed by atoms with Crippen molar-refractivity contribution in [3.05, 3.63) is 0 Å². The Morgan fingerprint density at radius 3 is 1.28 bits per heavy atom. The maximum Gasteiger partial charge on any atom is 0.0898 e. The van der Waals surface area contributed by atoms with Gasteiger partial charge in [0.25, 0.3) is 0 Å². The van der Waals surface area contributed by atoms with Crippen LogP contribution in [0.1, 0.15) is 71.6 Å². The van der Waals surface area contributed by atoms with Crippen molar-refractivity contribution in [3.8, 4) is 0 Å². The Bertz CT molecular complexity index is 216. The summed E-state index contributed by atoms with van der Waals surface area (Å²) in [5.41, 5.74) is 0. The fourth-order valence-electron chi connectivity index (χ4n) is 2.62. The molecule has 18 heavy (non-hydrogen) atoms. The van der Waals surface area contributed by atoms with E-state index in [1.165, 1.54) is 64.2 Å². The van der Waals surface area contributed by atoms with E-state index in [-0.39, 0.29) is 32.2 Å². The first kappa shape index (κ1) is 20.3. The predicted octanol–water partition coefficient (Wildman–Crippen LogP) is 5.31. The second kappa shape index (κ2) is 12.0. The van der Waals surface area contributed by atoms with Crippen LogP contribution in [-0.2, 0) is 0 Å². The zero-order valence-electron chi connectivity index (χ0n) is 10.4. The molecule has 0 aromatic heterocycles. The van der Waals surface area contributed by atoms with Crippen molar-refractivity contribution >= 4 is 30.8 Å². The predicted molar refractivity (Wildman–Crippen MR) is 84.8 cm³/mol. The molecule has 0 radical (unpaired) electrons. The van der Waals surface area contributed by atoms with Crippen molar-refractivity contribution in [2.45, 2.75) is 83.7 Å². The summed E-state index contributed by atoms with van der Waals surface area (Å²) in [5, 5.41) is 0. The molecule has 2 aliphatic carbocycles. The fourth-order valence-corrected chi connectivity index (χ4v) is 2.62. The highest BCUT2D eigenvalue weighted by Gasteiger charge is 2.12. The molecule has 2 fully saturated rings. The van der Waals surface area contributed by atoms with Crippen molar-refractivity contribution in [1.82, 2.24) is 0 Å².